The van der Waals surface area contributed by atoms with E-state index in [0.717, 1.165) is 18.3 Å². The van der Waals surface area contributed by atoms with Crippen molar-refractivity contribution in [1.29, 1.82) is 0 Å². The Morgan fingerprint density at radius 2 is 1.86 bits per heavy atom. The summed E-state index contributed by atoms with van der Waals surface area (Å²) in [5.41, 5.74) is 2.56. The molecule has 4 aliphatic carbocycles. The van der Waals surface area contributed by atoms with Crippen molar-refractivity contribution in [2.24, 2.45) is 34.0 Å². The van der Waals surface area contributed by atoms with E-state index in [9.17, 15) is 5.11 Å². The Morgan fingerprint density at radius 3 is 2.62 bits per heavy atom. The van der Waals surface area contributed by atoms with Gasteiger partial charge >= 0.3 is 0 Å². The van der Waals surface area contributed by atoms with Crippen LogP contribution >= 0.6 is 0 Å². The Hall–Kier alpha value is -0.300. The van der Waals surface area contributed by atoms with Crippen molar-refractivity contribution >= 4 is 0 Å². The maximum Gasteiger partial charge on any atom is 0.0584 e. The first kappa shape index (κ1) is 14.3. The zero-order valence-electron chi connectivity index (χ0n) is 14.1. The molecule has 0 aromatic carbocycles. The predicted octanol–water partition coefficient (Wildman–Crippen LogP) is 4.95. The third-order valence-corrected chi connectivity index (χ3v) is 8.24. The van der Waals surface area contributed by atoms with Crippen LogP contribution in [0.4, 0.5) is 0 Å². The molecule has 6 atom stereocenters. The normalized spacial score (nSPS) is 55.0. The summed E-state index contributed by atoms with van der Waals surface area (Å²) in [7, 11) is 0. The van der Waals surface area contributed by atoms with Crippen molar-refractivity contribution in [3.63, 3.8) is 0 Å². The Bertz CT molecular complexity index is 478. The molecule has 2 bridgehead atoms. The largest absolute Gasteiger partial charge is 0.393 e. The lowest BCUT2D eigenvalue weighted by Crippen LogP contribution is -2.61. The van der Waals surface area contributed by atoms with Crippen molar-refractivity contribution < 1.29 is 5.11 Å². The zero-order chi connectivity index (χ0) is 15.0. The van der Waals surface area contributed by atoms with Crippen molar-refractivity contribution in [3.8, 4) is 0 Å². The first-order valence-electron chi connectivity index (χ1n) is 9.14. The van der Waals surface area contributed by atoms with Gasteiger partial charge in [-0.15, -0.1) is 0 Å². The van der Waals surface area contributed by atoms with Gasteiger partial charge in [0, 0.05) is 0 Å². The van der Waals surface area contributed by atoms with Gasteiger partial charge in [-0.3, -0.25) is 0 Å². The molecule has 0 saturated heterocycles. The van der Waals surface area contributed by atoms with Gasteiger partial charge < -0.3 is 5.11 Å². The number of rotatable bonds is 0. The fraction of sp³-hybridized carbons (Fsp3) is 0.900. The minimum atomic E-state index is -0.0915. The van der Waals surface area contributed by atoms with Gasteiger partial charge in [0.2, 0.25) is 0 Å². The van der Waals surface area contributed by atoms with E-state index in [1.54, 1.807) is 0 Å². The predicted molar refractivity (Wildman–Crippen MR) is 86.9 cm³/mol. The molecule has 0 aromatic heterocycles. The number of allylic oxidation sites excluding steroid dienone is 1. The Kier molecular flexibility index (Phi) is 2.83. The number of hydrogen-bond acceptors (Lipinski definition) is 1. The second-order valence-corrected chi connectivity index (χ2v) is 9.83. The van der Waals surface area contributed by atoms with Crippen LogP contribution in [0.3, 0.4) is 0 Å². The van der Waals surface area contributed by atoms with Gasteiger partial charge in [-0.25, -0.2) is 0 Å². The van der Waals surface area contributed by atoms with E-state index in [1.165, 1.54) is 50.5 Å². The molecule has 0 aliphatic heterocycles. The summed E-state index contributed by atoms with van der Waals surface area (Å²) in [5.74, 6) is 2.10. The first-order valence-corrected chi connectivity index (χ1v) is 9.14. The van der Waals surface area contributed by atoms with E-state index >= 15 is 0 Å². The molecule has 4 saturated carbocycles. The highest BCUT2D eigenvalue weighted by molar-refractivity contribution is 5.23. The third kappa shape index (κ3) is 1.73. The van der Waals surface area contributed by atoms with E-state index in [2.05, 4.69) is 27.4 Å². The molecule has 4 fully saturated rings. The van der Waals surface area contributed by atoms with Crippen LogP contribution in [-0.2, 0) is 0 Å². The highest BCUT2D eigenvalue weighted by atomic mass is 16.3. The summed E-state index contributed by atoms with van der Waals surface area (Å²) in [5, 5.41) is 11.1. The van der Waals surface area contributed by atoms with Gasteiger partial charge in [0.15, 0.2) is 0 Å². The SMILES string of the molecule is C=C1CC23CC1CC[C@H]2C1(C)CCCC(C)(C)[C@H]1[C@H](O)C3. The highest BCUT2D eigenvalue weighted by Gasteiger charge is 2.65. The van der Waals surface area contributed by atoms with Crippen LogP contribution in [0.25, 0.3) is 0 Å². The van der Waals surface area contributed by atoms with Crippen molar-refractivity contribution in [2.75, 3.05) is 0 Å². The van der Waals surface area contributed by atoms with Crippen molar-refractivity contribution in [1.82, 2.24) is 0 Å². The average molecular weight is 288 g/mol. The molecule has 118 valence electrons. The number of hydrogen-bond donors (Lipinski definition) is 1. The molecule has 1 spiro atoms. The highest BCUT2D eigenvalue weighted by Crippen LogP contribution is 2.71. The Balaban J connectivity index is 1.79. The van der Waals surface area contributed by atoms with E-state index in [-0.39, 0.29) is 6.10 Å². The number of fused-ring (bicyclic) bond motifs is 3. The van der Waals surface area contributed by atoms with Crippen molar-refractivity contribution in [3.05, 3.63) is 12.2 Å². The Morgan fingerprint density at radius 1 is 1.10 bits per heavy atom. The number of aliphatic hydroxyl groups is 1. The van der Waals surface area contributed by atoms with Gasteiger partial charge in [-0.1, -0.05) is 39.3 Å². The average Bonchev–Trinajstić information content (AvgIpc) is 2.57. The quantitative estimate of drug-likeness (QED) is 0.626. The first-order chi connectivity index (χ1) is 9.79. The van der Waals surface area contributed by atoms with Gasteiger partial charge in [0.1, 0.15) is 0 Å². The molecule has 0 heterocycles. The lowest BCUT2D eigenvalue weighted by molar-refractivity contribution is -0.197. The molecular formula is C20H32O. The smallest absolute Gasteiger partial charge is 0.0584 e. The minimum Gasteiger partial charge on any atom is -0.393 e. The van der Waals surface area contributed by atoms with Crippen LogP contribution in [0.1, 0.15) is 72.1 Å². The molecular weight excluding hydrogens is 256 g/mol. The minimum absolute atomic E-state index is 0.0915. The zero-order valence-corrected chi connectivity index (χ0v) is 14.1. The fourth-order valence-corrected chi connectivity index (χ4v) is 7.89. The molecule has 3 unspecified atom stereocenters. The molecule has 1 nitrogen and oxygen atoms in total. The van der Waals surface area contributed by atoms with E-state index in [0.29, 0.717) is 22.2 Å². The third-order valence-electron chi connectivity index (χ3n) is 8.24. The molecule has 4 rings (SSSR count). The summed E-state index contributed by atoms with van der Waals surface area (Å²) in [4.78, 5) is 0. The van der Waals surface area contributed by atoms with Crippen LogP contribution in [0.2, 0.25) is 0 Å². The molecule has 0 radical (unpaired) electrons. The fourth-order valence-electron chi connectivity index (χ4n) is 7.89. The van der Waals surface area contributed by atoms with Gasteiger partial charge in [-0.2, -0.15) is 0 Å². The molecule has 21 heavy (non-hydrogen) atoms. The number of aliphatic hydroxyl groups excluding tert-OH is 1. The lowest BCUT2D eigenvalue weighted by Gasteiger charge is -2.65. The topological polar surface area (TPSA) is 20.2 Å². The molecule has 1 N–H and O–H groups in total. The lowest BCUT2D eigenvalue weighted by atomic mass is 9.40. The van der Waals surface area contributed by atoms with Crippen LogP contribution in [0, 0.1) is 34.0 Å². The summed E-state index contributed by atoms with van der Waals surface area (Å²) in [6.45, 7) is 11.7. The summed E-state index contributed by atoms with van der Waals surface area (Å²) < 4.78 is 0. The summed E-state index contributed by atoms with van der Waals surface area (Å²) in [6.07, 6.45) is 10.2. The van der Waals surface area contributed by atoms with Gasteiger partial charge in [-0.05, 0) is 78.9 Å². The van der Waals surface area contributed by atoms with E-state index < -0.39 is 0 Å². The summed E-state index contributed by atoms with van der Waals surface area (Å²) in [6, 6.07) is 0. The van der Waals surface area contributed by atoms with Gasteiger partial charge in [0.05, 0.1) is 6.10 Å². The molecule has 4 aliphatic rings. The standard InChI is InChI=1S/C20H32O/c1-13-10-20-11-14(13)6-7-16(20)19(4)9-5-8-18(2,3)17(19)15(21)12-20/h14-17,21H,1,5-12H2,2-4H3/t14?,15-,16+,17-,19?,20?/m1/s1. The van der Waals surface area contributed by atoms with Crippen LogP contribution in [0.15, 0.2) is 12.2 Å². The molecule has 0 amide bonds. The second-order valence-electron chi connectivity index (χ2n) is 9.83. The maximum absolute atomic E-state index is 11.1. The Labute approximate surface area is 130 Å². The molecule has 1 heteroatoms. The summed E-state index contributed by atoms with van der Waals surface area (Å²) >= 11 is 0. The monoisotopic (exact) mass is 288 g/mol. The van der Waals surface area contributed by atoms with Crippen molar-refractivity contribution in [2.45, 2.75) is 78.2 Å². The van der Waals surface area contributed by atoms with E-state index in [4.69, 9.17) is 0 Å². The second kappa shape index (κ2) is 4.16. The van der Waals surface area contributed by atoms with Crippen LogP contribution in [-0.4, -0.2) is 11.2 Å². The van der Waals surface area contributed by atoms with Crippen LogP contribution in [0.5, 0.6) is 0 Å². The van der Waals surface area contributed by atoms with E-state index in [1.807, 2.05) is 0 Å². The molecule has 0 aromatic rings. The van der Waals surface area contributed by atoms with Gasteiger partial charge in [0.25, 0.3) is 0 Å². The maximum atomic E-state index is 11.1. The van der Waals surface area contributed by atoms with Crippen LogP contribution < -0.4 is 0 Å².